The lowest BCUT2D eigenvalue weighted by Gasteiger charge is -2.23. The Hall–Kier alpha value is -1.00. The Kier molecular flexibility index (Phi) is 16.7. The van der Waals surface area contributed by atoms with E-state index in [1.165, 1.54) is 94.6 Å². The van der Waals surface area contributed by atoms with Crippen LogP contribution < -0.4 is 0 Å². The first-order valence-electron chi connectivity index (χ1n) is 13.5. The molecule has 190 valence electrons. The summed E-state index contributed by atoms with van der Waals surface area (Å²) >= 11 is 1.15. The number of rotatable bonds is 21. The first-order chi connectivity index (χ1) is 15.9. The van der Waals surface area contributed by atoms with Gasteiger partial charge in [0.25, 0.3) is 0 Å². The van der Waals surface area contributed by atoms with Crippen molar-refractivity contribution < 1.29 is 15.0 Å². The lowest BCUT2D eigenvalue weighted by Crippen LogP contribution is -2.34. The van der Waals surface area contributed by atoms with Gasteiger partial charge in [-0.3, -0.25) is 0 Å². The second-order valence-corrected chi connectivity index (χ2v) is 11.2. The molecule has 0 aliphatic rings. The number of carboxylic acid groups (broad SMARTS) is 1. The molecule has 1 unspecified atom stereocenters. The van der Waals surface area contributed by atoms with E-state index in [2.05, 4.69) is 25.1 Å². The van der Waals surface area contributed by atoms with Gasteiger partial charge in [-0.2, -0.15) is 0 Å². The van der Waals surface area contributed by atoms with Crippen molar-refractivity contribution in [1.82, 2.24) is 0 Å². The van der Waals surface area contributed by atoms with Crippen LogP contribution in [-0.2, 0) is 10.5 Å². The van der Waals surface area contributed by atoms with Gasteiger partial charge >= 0.3 is 5.97 Å². The van der Waals surface area contributed by atoms with E-state index in [4.69, 9.17) is 0 Å². The first kappa shape index (κ1) is 30.0. The Morgan fingerprint density at radius 3 is 1.52 bits per heavy atom. The second-order valence-electron chi connectivity index (χ2n) is 9.93. The molecule has 2 N–H and O–H groups in total. The molecule has 0 bridgehead atoms. The smallest absolute Gasteiger partial charge is 0.346 e. The number of aryl methyl sites for hydroxylation is 2. The van der Waals surface area contributed by atoms with Crippen LogP contribution in [0.4, 0.5) is 0 Å². The van der Waals surface area contributed by atoms with Gasteiger partial charge in [0.2, 0.25) is 4.93 Å². The van der Waals surface area contributed by atoms with Crippen molar-refractivity contribution in [2.45, 2.75) is 141 Å². The topological polar surface area (TPSA) is 57.5 Å². The fourth-order valence-electron chi connectivity index (χ4n) is 4.51. The second kappa shape index (κ2) is 18.3. The van der Waals surface area contributed by atoms with Gasteiger partial charge in [-0.25, -0.2) is 4.79 Å². The predicted molar refractivity (Wildman–Crippen MR) is 144 cm³/mol. The lowest BCUT2D eigenvalue weighted by molar-refractivity contribution is -0.149. The standard InChI is InChI=1S/C29H50O3S/c1-4-5-6-7-8-9-10-11-12-13-14-15-16-17-18-19-20-29(32,28(30)31)33-24-27-22-25(2)21-26(3)23-27/h21-23,32H,4-20,24H2,1-3H3,(H,30,31). The molecular formula is C29H50O3S. The molecule has 1 aromatic rings. The molecule has 0 fully saturated rings. The van der Waals surface area contributed by atoms with Gasteiger partial charge in [0.1, 0.15) is 0 Å². The van der Waals surface area contributed by atoms with Crippen LogP contribution in [0.1, 0.15) is 133 Å². The number of carbonyl (C=O) groups is 1. The monoisotopic (exact) mass is 478 g/mol. The molecule has 0 aliphatic heterocycles. The van der Waals surface area contributed by atoms with Gasteiger partial charge in [0.05, 0.1) is 0 Å². The average Bonchev–Trinajstić information content (AvgIpc) is 2.76. The van der Waals surface area contributed by atoms with E-state index in [1.54, 1.807) is 0 Å². The van der Waals surface area contributed by atoms with Crippen LogP contribution in [0.3, 0.4) is 0 Å². The molecule has 0 amide bonds. The molecule has 0 radical (unpaired) electrons. The van der Waals surface area contributed by atoms with Gasteiger partial charge < -0.3 is 10.2 Å². The number of aliphatic hydroxyl groups is 1. The molecule has 4 heteroatoms. The summed E-state index contributed by atoms with van der Waals surface area (Å²) in [4.78, 5) is 10.0. The fourth-order valence-corrected chi connectivity index (χ4v) is 5.49. The van der Waals surface area contributed by atoms with Gasteiger partial charge in [-0.05, 0) is 32.3 Å². The van der Waals surface area contributed by atoms with Crippen molar-refractivity contribution in [3.8, 4) is 0 Å². The molecule has 1 aromatic carbocycles. The lowest BCUT2D eigenvalue weighted by atomic mass is 10.0. The average molecular weight is 479 g/mol. The maximum atomic E-state index is 11.7. The van der Waals surface area contributed by atoms with Crippen LogP contribution in [0.25, 0.3) is 0 Å². The van der Waals surface area contributed by atoms with Gasteiger partial charge in [0.15, 0.2) is 0 Å². The Labute approximate surface area is 208 Å². The summed E-state index contributed by atoms with van der Waals surface area (Å²) in [7, 11) is 0. The minimum absolute atomic E-state index is 0.316. The number of hydrogen-bond donors (Lipinski definition) is 2. The summed E-state index contributed by atoms with van der Waals surface area (Å²) in [6.45, 7) is 6.36. The Morgan fingerprint density at radius 1 is 0.727 bits per heavy atom. The van der Waals surface area contributed by atoms with Crippen LogP contribution in [0.2, 0.25) is 0 Å². The van der Waals surface area contributed by atoms with E-state index >= 15 is 0 Å². The maximum absolute atomic E-state index is 11.7. The molecule has 0 aliphatic carbocycles. The van der Waals surface area contributed by atoms with Crippen LogP contribution in [0.5, 0.6) is 0 Å². The molecule has 0 aromatic heterocycles. The minimum Gasteiger partial charge on any atom is -0.478 e. The van der Waals surface area contributed by atoms with E-state index in [-0.39, 0.29) is 0 Å². The summed E-state index contributed by atoms with van der Waals surface area (Å²) in [5.74, 6) is -0.595. The maximum Gasteiger partial charge on any atom is 0.346 e. The highest BCUT2D eigenvalue weighted by molar-refractivity contribution is 8.00. The third-order valence-corrected chi connectivity index (χ3v) is 7.80. The summed E-state index contributed by atoms with van der Waals surface area (Å²) in [6, 6.07) is 6.24. The van der Waals surface area contributed by atoms with Gasteiger partial charge in [0, 0.05) is 5.75 Å². The van der Waals surface area contributed by atoms with Crippen LogP contribution in [0, 0.1) is 13.8 Å². The largest absolute Gasteiger partial charge is 0.478 e. The number of benzene rings is 1. The van der Waals surface area contributed by atoms with Gasteiger partial charge in [-0.1, -0.05) is 133 Å². The van der Waals surface area contributed by atoms with Crippen molar-refractivity contribution in [1.29, 1.82) is 0 Å². The third kappa shape index (κ3) is 14.8. The van der Waals surface area contributed by atoms with E-state index in [9.17, 15) is 15.0 Å². The highest BCUT2D eigenvalue weighted by Gasteiger charge is 2.35. The summed E-state index contributed by atoms with van der Waals surface area (Å²) < 4.78 is 0. The number of unbranched alkanes of at least 4 members (excludes halogenated alkanes) is 15. The molecule has 0 saturated heterocycles. The zero-order valence-corrected chi connectivity index (χ0v) is 22.5. The molecule has 0 saturated carbocycles. The number of carboxylic acids is 1. The third-order valence-electron chi connectivity index (χ3n) is 6.46. The van der Waals surface area contributed by atoms with Crippen LogP contribution in [0.15, 0.2) is 18.2 Å². The molecule has 0 heterocycles. The summed E-state index contributed by atoms with van der Waals surface area (Å²) in [5, 5.41) is 20.2. The van der Waals surface area contributed by atoms with Crippen molar-refractivity contribution in [3.63, 3.8) is 0 Å². The van der Waals surface area contributed by atoms with E-state index < -0.39 is 10.9 Å². The molecular weight excluding hydrogens is 428 g/mol. The molecule has 1 rings (SSSR count). The Bertz CT molecular complexity index is 626. The number of thioether (sulfide) groups is 1. The highest BCUT2D eigenvalue weighted by atomic mass is 32.2. The van der Waals surface area contributed by atoms with E-state index in [1.807, 2.05) is 13.8 Å². The normalized spacial score (nSPS) is 13.2. The summed E-state index contributed by atoms with van der Waals surface area (Å²) in [5.41, 5.74) is 3.41. The fraction of sp³-hybridized carbons (Fsp3) is 0.759. The van der Waals surface area contributed by atoms with E-state index in [0.29, 0.717) is 12.2 Å². The van der Waals surface area contributed by atoms with Crippen molar-refractivity contribution in [2.75, 3.05) is 0 Å². The predicted octanol–water partition coefficient (Wildman–Crippen LogP) is 8.96. The SMILES string of the molecule is CCCCCCCCCCCCCCCCCCC(O)(SCc1cc(C)cc(C)c1)C(=O)O. The molecule has 0 spiro atoms. The van der Waals surface area contributed by atoms with Crippen molar-refractivity contribution in [3.05, 3.63) is 34.9 Å². The zero-order chi connectivity index (χ0) is 24.4. The summed E-state index contributed by atoms with van der Waals surface area (Å²) in [6.07, 6.45) is 20.9. The highest BCUT2D eigenvalue weighted by Crippen LogP contribution is 2.32. The molecule has 33 heavy (non-hydrogen) atoms. The quantitative estimate of drug-likeness (QED) is 0.137. The van der Waals surface area contributed by atoms with Gasteiger partial charge in [-0.15, -0.1) is 11.8 Å². The van der Waals surface area contributed by atoms with E-state index in [0.717, 1.165) is 36.6 Å². The van der Waals surface area contributed by atoms with Crippen LogP contribution in [-0.4, -0.2) is 21.1 Å². The van der Waals surface area contributed by atoms with Crippen molar-refractivity contribution in [2.24, 2.45) is 0 Å². The Balaban J connectivity index is 2.05. The van der Waals surface area contributed by atoms with Crippen molar-refractivity contribution >= 4 is 17.7 Å². The number of hydrogen-bond acceptors (Lipinski definition) is 3. The minimum atomic E-state index is -1.69. The van der Waals surface area contributed by atoms with Crippen LogP contribution >= 0.6 is 11.8 Å². The Morgan fingerprint density at radius 2 is 1.12 bits per heavy atom. The zero-order valence-electron chi connectivity index (χ0n) is 21.7. The molecule has 1 atom stereocenters. The number of aliphatic carboxylic acids is 1. The first-order valence-corrected chi connectivity index (χ1v) is 14.5. The molecule has 3 nitrogen and oxygen atoms in total.